The van der Waals surface area contributed by atoms with Gasteiger partial charge in [0, 0.05) is 19.3 Å². The molecular formula is C74H134O6. The quantitative estimate of drug-likeness (QED) is 0.0261. The molecule has 0 aliphatic heterocycles. The molecule has 0 rings (SSSR count). The van der Waals surface area contributed by atoms with Crippen molar-refractivity contribution in [1.82, 2.24) is 0 Å². The minimum absolute atomic E-state index is 0.0796. The lowest BCUT2D eigenvalue weighted by Gasteiger charge is -2.18. The predicted octanol–water partition coefficient (Wildman–Crippen LogP) is 24.3. The number of carbonyl (C=O) groups is 3. The van der Waals surface area contributed by atoms with Crippen LogP contribution in [0.25, 0.3) is 0 Å². The molecule has 0 N–H and O–H groups in total. The zero-order valence-electron chi connectivity index (χ0n) is 53.6. The molecule has 80 heavy (non-hydrogen) atoms. The van der Waals surface area contributed by atoms with E-state index in [1.807, 2.05) is 0 Å². The fraction of sp³-hybridized carbons (Fsp3) is 0.824. The van der Waals surface area contributed by atoms with Crippen LogP contribution in [0.5, 0.6) is 0 Å². The average Bonchev–Trinajstić information content (AvgIpc) is 3.46. The van der Waals surface area contributed by atoms with Crippen molar-refractivity contribution in [1.29, 1.82) is 0 Å². The fourth-order valence-corrected chi connectivity index (χ4v) is 10.5. The molecule has 0 saturated heterocycles. The van der Waals surface area contributed by atoms with Crippen LogP contribution >= 0.6 is 0 Å². The Morgan fingerprint density at radius 1 is 0.263 bits per heavy atom. The Labute approximate surface area is 498 Å². The molecular weight excluding hydrogens is 985 g/mol. The number of allylic oxidation sites excluding steroid dienone is 10. The summed E-state index contributed by atoms with van der Waals surface area (Å²) in [5.41, 5.74) is 0. The number of hydrogen-bond acceptors (Lipinski definition) is 6. The Kier molecular flexibility index (Phi) is 66.1. The Morgan fingerprint density at radius 3 is 0.800 bits per heavy atom. The molecule has 466 valence electrons. The third-order valence-electron chi connectivity index (χ3n) is 15.8. The monoisotopic (exact) mass is 1120 g/mol. The summed E-state index contributed by atoms with van der Waals surface area (Å²) in [7, 11) is 0. The van der Waals surface area contributed by atoms with Gasteiger partial charge in [0.2, 0.25) is 0 Å². The molecule has 0 spiro atoms. The van der Waals surface area contributed by atoms with E-state index < -0.39 is 6.10 Å². The average molecular weight is 1120 g/mol. The van der Waals surface area contributed by atoms with Gasteiger partial charge in [-0.25, -0.2) is 0 Å². The summed E-state index contributed by atoms with van der Waals surface area (Å²) >= 11 is 0. The lowest BCUT2D eigenvalue weighted by atomic mass is 10.0. The SMILES string of the molecule is CC/C=C\C/C=C\C/C=C\C/C=C\CCCCCCCCC(=O)OC(COC(=O)CCCCCCC/C=C\CCCCC)COC(=O)CCCCCCCCCCCCCCCCCCCCCCCCCCCCCCCCC. The minimum Gasteiger partial charge on any atom is -0.462 e. The highest BCUT2D eigenvalue weighted by Crippen LogP contribution is 2.18. The first-order chi connectivity index (χ1) is 39.5. The molecule has 0 aromatic rings. The van der Waals surface area contributed by atoms with Crippen LogP contribution in [0, 0.1) is 0 Å². The molecule has 0 saturated carbocycles. The van der Waals surface area contributed by atoms with Crippen LogP contribution in [0.15, 0.2) is 60.8 Å². The maximum Gasteiger partial charge on any atom is 0.306 e. The van der Waals surface area contributed by atoms with E-state index in [2.05, 4.69) is 81.5 Å². The molecule has 6 nitrogen and oxygen atoms in total. The summed E-state index contributed by atoms with van der Waals surface area (Å²) in [5.74, 6) is -0.883. The van der Waals surface area contributed by atoms with Gasteiger partial charge < -0.3 is 14.2 Å². The van der Waals surface area contributed by atoms with E-state index in [0.717, 1.165) is 103 Å². The Bertz CT molecular complexity index is 1430. The Hall–Kier alpha value is -2.89. The Balaban J connectivity index is 4.15. The molecule has 0 fully saturated rings. The number of carbonyl (C=O) groups excluding carboxylic acids is 3. The molecule has 0 aliphatic carbocycles. The number of hydrogen-bond donors (Lipinski definition) is 0. The van der Waals surface area contributed by atoms with Crippen LogP contribution in [-0.2, 0) is 28.6 Å². The molecule has 0 aliphatic rings. The van der Waals surface area contributed by atoms with Crippen molar-refractivity contribution in [3.05, 3.63) is 60.8 Å². The van der Waals surface area contributed by atoms with E-state index in [0.29, 0.717) is 19.3 Å². The number of rotatable bonds is 65. The number of esters is 3. The lowest BCUT2D eigenvalue weighted by Crippen LogP contribution is -2.30. The second-order valence-corrected chi connectivity index (χ2v) is 23.8. The third-order valence-corrected chi connectivity index (χ3v) is 15.8. The lowest BCUT2D eigenvalue weighted by molar-refractivity contribution is -0.167. The first-order valence-corrected chi connectivity index (χ1v) is 35.3. The third kappa shape index (κ3) is 65.9. The van der Waals surface area contributed by atoms with Gasteiger partial charge in [0.15, 0.2) is 6.10 Å². The van der Waals surface area contributed by atoms with Crippen molar-refractivity contribution < 1.29 is 28.6 Å². The van der Waals surface area contributed by atoms with Gasteiger partial charge in [-0.1, -0.05) is 332 Å². The zero-order chi connectivity index (χ0) is 57.8. The Morgan fingerprint density at radius 2 is 0.487 bits per heavy atom. The van der Waals surface area contributed by atoms with Gasteiger partial charge in [0.1, 0.15) is 13.2 Å². The topological polar surface area (TPSA) is 78.9 Å². The second-order valence-electron chi connectivity index (χ2n) is 23.8. The smallest absolute Gasteiger partial charge is 0.306 e. The summed E-state index contributed by atoms with van der Waals surface area (Å²) in [6.45, 7) is 6.54. The van der Waals surface area contributed by atoms with E-state index in [1.54, 1.807) is 0 Å². The molecule has 1 unspecified atom stereocenters. The molecule has 0 bridgehead atoms. The van der Waals surface area contributed by atoms with Crippen molar-refractivity contribution in [3.8, 4) is 0 Å². The molecule has 0 amide bonds. The highest BCUT2D eigenvalue weighted by molar-refractivity contribution is 5.71. The van der Waals surface area contributed by atoms with Crippen molar-refractivity contribution in [2.24, 2.45) is 0 Å². The largest absolute Gasteiger partial charge is 0.462 e. The van der Waals surface area contributed by atoms with E-state index in [9.17, 15) is 14.4 Å². The van der Waals surface area contributed by atoms with E-state index in [1.165, 1.54) is 231 Å². The zero-order valence-corrected chi connectivity index (χ0v) is 53.6. The van der Waals surface area contributed by atoms with Crippen LogP contribution in [0.1, 0.15) is 374 Å². The number of unbranched alkanes of at least 4 members (excludes halogenated alkanes) is 44. The summed E-state index contributed by atoms with van der Waals surface area (Å²) < 4.78 is 16.9. The van der Waals surface area contributed by atoms with Crippen LogP contribution in [-0.4, -0.2) is 37.2 Å². The molecule has 0 aromatic carbocycles. The van der Waals surface area contributed by atoms with Crippen LogP contribution < -0.4 is 0 Å². The summed E-state index contributed by atoms with van der Waals surface area (Å²) in [6, 6.07) is 0. The molecule has 0 radical (unpaired) electrons. The van der Waals surface area contributed by atoms with Gasteiger partial charge in [-0.3, -0.25) is 14.4 Å². The standard InChI is InChI=1S/C74H134O6/c1-4-7-10-13-16-19-22-25-27-29-31-32-33-34-35-36-37-38-39-40-41-42-44-45-47-49-52-55-58-61-64-67-73(76)79-70-71(69-78-72(75)66-63-60-57-54-51-24-21-18-15-12-9-6-3)80-74(77)68-65-62-59-56-53-50-48-46-43-30-28-26-23-20-17-14-11-8-5-2/h8,11,17-18,20-21,26,28,43,46,71H,4-7,9-10,12-16,19,22-25,27,29-42,44-45,47-70H2,1-3H3/b11-8-,20-17-,21-18-,28-26-,46-43-. The van der Waals surface area contributed by atoms with Gasteiger partial charge in [0.05, 0.1) is 0 Å². The molecule has 0 aromatic heterocycles. The van der Waals surface area contributed by atoms with E-state index in [-0.39, 0.29) is 31.1 Å². The van der Waals surface area contributed by atoms with Gasteiger partial charge in [-0.05, 0) is 83.5 Å². The molecule has 0 heterocycles. The normalized spacial score (nSPS) is 12.4. The van der Waals surface area contributed by atoms with Crippen LogP contribution in [0.4, 0.5) is 0 Å². The van der Waals surface area contributed by atoms with E-state index >= 15 is 0 Å². The first-order valence-electron chi connectivity index (χ1n) is 35.3. The first kappa shape index (κ1) is 77.1. The second kappa shape index (κ2) is 68.6. The summed E-state index contributed by atoms with van der Waals surface area (Å²) in [5, 5.41) is 0. The number of ether oxygens (including phenoxy) is 3. The summed E-state index contributed by atoms with van der Waals surface area (Å²) in [6.07, 6.45) is 88.4. The van der Waals surface area contributed by atoms with Crippen molar-refractivity contribution >= 4 is 17.9 Å². The van der Waals surface area contributed by atoms with Crippen LogP contribution in [0.3, 0.4) is 0 Å². The molecule has 6 heteroatoms. The highest BCUT2D eigenvalue weighted by Gasteiger charge is 2.19. The van der Waals surface area contributed by atoms with Gasteiger partial charge in [-0.2, -0.15) is 0 Å². The van der Waals surface area contributed by atoms with Gasteiger partial charge in [0.25, 0.3) is 0 Å². The predicted molar refractivity (Wildman–Crippen MR) is 348 cm³/mol. The van der Waals surface area contributed by atoms with Crippen molar-refractivity contribution in [2.45, 2.75) is 380 Å². The van der Waals surface area contributed by atoms with Crippen molar-refractivity contribution in [2.75, 3.05) is 13.2 Å². The summed E-state index contributed by atoms with van der Waals surface area (Å²) in [4.78, 5) is 38.3. The highest BCUT2D eigenvalue weighted by atomic mass is 16.6. The van der Waals surface area contributed by atoms with Gasteiger partial charge in [-0.15, -0.1) is 0 Å². The maximum absolute atomic E-state index is 12.9. The van der Waals surface area contributed by atoms with Crippen molar-refractivity contribution in [3.63, 3.8) is 0 Å². The van der Waals surface area contributed by atoms with E-state index in [4.69, 9.17) is 14.2 Å². The van der Waals surface area contributed by atoms with Gasteiger partial charge >= 0.3 is 17.9 Å². The maximum atomic E-state index is 12.9. The fourth-order valence-electron chi connectivity index (χ4n) is 10.5. The minimum atomic E-state index is -0.785. The molecule has 1 atom stereocenters. The van der Waals surface area contributed by atoms with Crippen LogP contribution in [0.2, 0.25) is 0 Å².